The van der Waals surface area contributed by atoms with Crippen LogP contribution in [0.3, 0.4) is 0 Å². The van der Waals surface area contributed by atoms with E-state index in [2.05, 4.69) is 21.2 Å². The van der Waals surface area contributed by atoms with Gasteiger partial charge in [-0.05, 0) is 31.0 Å². The number of amides is 1. The first kappa shape index (κ1) is 15.0. The van der Waals surface area contributed by atoms with Gasteiger partial charge >= 0.3 is 5.97 Å². The van der Waals surface area contributed by atoms with Crippen molar-refractivity contribution in [3.05, 3.63) is 33.3 Å². The summed E-state index contributed by atoms with van der Waals surface area (Å²) in [4.78, 5) is 22.0. The minimum atomic E-state index is -0.822. The maximum Gasteiger partial charge on any atom is 0.303 e. The van der Waals surface area contributed by atoms with Crippen LogP contribution in [0.1, 0.15) is 29.6 Å². The van der Waals surface area contributed by atoms with Crippen LogP contribution >= 0.6 is 27.5 Å². The van der Waals surface area contributed by atoms with Gasteiger partial charge in [0.15, 0.2) is 0 Å². The number of rotatable bonds is 6. The van der Waals surface area contributed by atoms with Crippen molar-refractivity contribution in [1.29, 1.82) is 0 Å². The molecule has 0 saturated heterocycles. The average Bonchev–Trinajstić information content (AvgIpc) is 2.27. The Morgan fingerprint density at radius 3 is 2.67 bits per heavy atom. The van der Waals surface area contributed by atoms with Crippen molar-refractivity contribution in [2.45, 2.75) is 19.3 Å². The molecule has 2 N–H and O–H groups in total. The molecule has 0 aliphatic heterocycles. The van der Waals surface area contributed by atoms with Gasteiger partial charge in [-0.3, -0.25) is 9.59 Å². The minimum Gasteiger partial charge on any atom is -0.481 e. The topological polar surface area (TPSA) is 66.4 Å². The van der Waals surface area contributed by atoms with Crippen molar-refractivity contribution in [2.24, 2.45) is 0 Å². The lowest BCUT2D eigenvalue weighted by molar-refractivity contribution is -0.137. The van der Waals surface area contributed by atoms with Crippen molar-refractivity contribution in [1.82, 2.24) is 5.32 Å². The molecule has 0 aliphatic rings. The molecule has 0 unspecified atom stereocenters. The maximum atomic E-state index is 11.7. The Bertz CT molecular complexity index is 451. The second kappa shape index (κ2) is 7.38. The van der Waals surface area contributed by atoms with Gasteiger partial charge in [0.05, 0.1) is 10.6 Å². The molecular weight excluding hydrogens is 321 g/mol. The largest absolute Gasteiger partial charge is 0.481 e. The van der Waals surface area contributed by atoms with Crippen LogP contribution in [0.15, 0.2) is 22.7 Å². The molecule has 0 spiro atoms. The normalized spacial score (nSPS) is 10.1. The van der Waals surface area contributed by atoms with Crippen molar-refractivity contribution in [3.63, 3.8) is 0 Å². The second-order valence-corrected chi connectivity index (χ2v) is 5.05. The smallest absolute Gasteiger partial charge is 0.303 e. The predicted molar refractivity (Wildman–Crippen MR) is 73.0 cm³/mol. The summed E-state index contributed by atoms with van der Waals surface area (Å²) in [7, 11) is 0. The Morgan fingerprint density at radius 1 is 1.33 bits per heavy atom. The summed E-state index contributed by atoms with van der Waals surface area (Å²) in [5.74, 6) is -1.07. The van der Waals surface area contributed by atoms with Crippen molar-refractivity contribution in [2.75, 3.05) is 6.54 Å². The molecule has 98 valence electrons. The summed E-state index contributed by atoms with van der Waals surface area (Å²) >= 11 is 9.20. The summed E-state index contributed by atoms with van der Waals surface area (Å²) in [5.41, 5.74) is 0.415. The zero-order valence-corrected chi connectivity index (χ0v) is 11.9. The summed E-state index contributed by atoms with van der Waals surface area (Å²) in [6.07, 6.45) is 1.30. The van der Waals surface area contributed by atoms with Crippen molar-refractivity contribution >= 4 is 39.4 Å². The maximum absolute atomic E-state index is 11.7. The highest BCUT2D eigenvalue weighted by Crippen LogP contribution is 2.21. The number of halogens is 2. The number of carbonyl (C=O) groups excluding carboxylic acids is 1. The van der Waals surface area contributed by atoms with E-state index in [0.717, 1.165) is 4.47 Å². The zero-order valence-electron chi connectivity index (χ0n) is 9.58. The molecule has 1 aromatic rings. The first-order valence-corrected chi connectivity index (χ1v) is 6.63. The molecule has 0 radical (unpaired) electrons. The number of carboxylic acids is 1. The monoisotopic (exact) mass is 333 g/mol. The lowest BCUT2D eigenvalue weighted by Gasteiger charge is -2.06. The highest BCUT2D eigenvalue weighted by atomic mass is 79.9. The fourth-order valence-corrected chi connectivity index (χ4v) is 2.13. The molecule has 0 aromatic heterocycles. The average molecular weight is 335 g/mol. The third-order valence-electron chi connectivity index (χ3n) is 2.28. The van der Waals surface area contributed by atoms with E-state index in [0.29, 0.717) is 30.0 Å². The third-order valence-corrected chi connectivity index (χ3v) is 3.08. The molecule has 4 nitrogen and oxygen atoms in total. The first-order valence-electron chi connectivity index (χ1n) is 5.45. The predicted octanol–water partition coefficient (Wildman–Crippen LogP) is 3.09. The highest BCUT2D eigenvalue weighted by Gasteiger charge is 2.09. The van der Waals surface area contributed by atoms with Gasteiger partial charge in [0, 0.05) is 17.4 Å². The Hall–Kier alpha value is -1.07. The number of hydrogen-bond acceptors (Lipinski definition) is 2. The molecule has 6 heteroatoms. The van der Waals surface area contributed by atoms with Gasteiger partial charge in [-0.1, -0.05) is 27.5 Å². The molecule has 0 aliphatic carbocycles. The van der Waals surface area contributed by atoms with Gasteiger partial charge in [-0.2, -0.15) is 0 Å². The Balaban J connectivity index is 2.39. The number of benzene rings is 1. The Kier molecular flexibility index (Phi) is 6.15. The highest BCUT2D eigenvalue weighted by molar-refractivity contribution is 9.10. The van der Waals surface area contributed by atoms with E-state index in [1.54, 1.807) is 18.2 Å². The second-order valence-electron chi connectivity index (χ2n) is 3.73. The molecule has 0 fully saturated rings. The van der Waals surface area contributed by atoms with Gasteiger partial charge in [-0.25, -0.2) is 0 Å². The Morgan fingerprint density at radius 2 is 2.06 bits per heavy atom. The fraction of sp³-hybridized carbons (Fsp3) is 0.333. The van der Waals surface area contributed by atoms with Crippen LogP contribution in [0.4, 0.5) is 0 Å². The molecular formula is C12H13BrClNO3. The number of nitrogens with one attached hydrogen (secondary N) is 1. The van der Waals surface area contributed by atoms with Crippen molar-refractivity contribution in [3.8, 4) is 0 Å². The molecule has 0 bridgehead atoms. The third kappa shape index (κ3) is 5.06. The first-order chi connectivity index (χ1) is 8.50. The number of aliphatic carboxylic acids is 1. The van der Waals surface area contributed by atoms with Gasteiger partial charge in [0.1, 0.15) is 0 Å². The van der Waals surface area contributed by atoms with Crippen LogP contribution < -0.4 is 5.32 Å². The zero-order chi connectivity index (χ0) is 13.5. The van der Waals surface area contributed by atoms with E-state index in [9.17, 15) is 9.59 Å². The molecule has 1 rings (SSSR count). The van der Waals surface area contributed by atoms with E-state index >= 15 is 0 Å². The van der Waals surface area contributed by atoms with Gasteiger partial charge in [0.2, 0.25) is 0 Å². The van der Waals surface area contributed by atoms with Crippen LogP contribution in [-0.4, -0.2) is 23.5 Å². The lowest BCUT2D eigenvalue weighted by atomic mass is 10.2. The number of hydrogen-bond donors (Lipinski definition) is 2. The number of unbranched alkanes of at least 4 members (excludes halogenated alkanes) is 1. The van der Waals surface area contributed by atoms with Crippen LogP contribution in [-0.2, 0) is 4.79 Å². The molecule has 18 heavy (non-hydrogen) atoms. The van der Waals surface area contributed by atoms with Gasteiger partial charge in [-0.15, -0.1) is 0 Å². The fourth-order valence-electron chi connectivity index (χ4n) is 1.37. The van der Waals surface area contributed by atoms with Crippen LogP contribution in [0, 0.1) is 0 Å². The Labute approximate surface area is 118 Å². The van der Waals surface area contributed by atoms with Crippen LogP contribution in [0.5, 0.6) is 0 Å². The van der Waals surface area contributed by atoms with Crippen molar-refractivity contribution < 1.29 is 14.7 Å². The van der Waals surface area contributed by atoms with Gasteiger partial charge < -0.3 is 10.4 Å². The lowest BCUT2D eigenvalue weighted by Crippen LogP contribution is -2.24. The molecule has 0 heterocycles. The quantitative estimate of drug-likeness (QED) is 0.786. The van der Waals surface area contributed by atoms with E-state index in [1.165, 1.54) is 0 Å². The summed E-state index contributed by atoms with van der Waals surface area (Å²) in [6, 6.07) is 5.03. The summed E-state index contributed by atoms with van der Waals surface area (Å²) in [5, 5.41) is 11.5. The molecule has 1 amide bonds. The van der Waals surface area contributed by atoms with E-state index in [-0.39, 0.29) is 12.3 Å². The molecule has 1 aromatic carbocycles. The SMILES string of the molecule is O=C(O)CCCCNC(=O)c1ccc(Br)cc1Cl. The van der Waals surface area contributed by atoms with E-state index in [1.807, 2.05) is 0 Å². The van der Waals surface area contributed by atoms with E-state index in [4.69, 9.17) is 16.7 Å². The minimum absolute atomic E-state index is 0.120. The molecule has 0 atom stereocenters. The van der Waals surface area contributed by atoms with Crippen LogP contribution in [0.2, 0.25) is 5.02 Å². The number of carbonyl (C=O) groups is 2. The van der Waals surface area contributed by atoms with Gasteiger partial charge in [0.25, 0.3) is 5.91 Å². The van der Waals surface area contributed by atoms with E-state index < -0.39 is 5.97 Å². The van der Waals surface area contributed by atoms with Crippen LogP contribution in [0.25, 0.3) is 0 Å². The molecule has 0 saturated carbocycles. The summed E-state index contributed by atoms with van der Waals surface area (Å²) in [6.45, 7) is 0.443. The summed E-state index contributed by atoms with van der Waals surface area (Å²) < 4.78 is 0.811. The standard InChI is InChI=1S/C12H13BrClNO3/c13-8-4-5-9(10(14)7-8)12(18)15-6-2-1-3-11(16)17/h4-5,7H,1-3,6H2,(H,15,18)(H,16,17). The number of carboxylic acid groups (broad SMARTS) is 1.